The Labute approximate surface area is 108 Å². The molecule has 0 aliphatic heterocycles. The molecule has 0 aliphatic rings. The maximum absolute atomic E-state index is 12.1. The number of anilines is 2. The number of halogens is 3. The topological polar surface area (TPSA) is 89.2 Å². The van der Waals surface area contributed by atoms with Crippen LogP contribution >= 0.6 is 0 Å². The van der Waals surface area contributed by atoms with Crippen molar-refractivity contribution in [2.24, 2.45) is 5.84 Å². The van der Waals surface area contributed by atoms with Crippen LogP contribution in [0.3, 0.4) is 0 Å². The monoisotopic (exact) mass is 280 g/mol. The molecule has 108 valence electrons. The molecule has 0 saturated heterocycles. The fraction of sp³-hybridized carbons (Fsp3) is 0.667. The summed E-state index contributed by atoms with van der Waals surface area (Å²) >= 11 is 0. The molecule has 1 aromatic heterocycles. The summed E-state index contributed by atoms with van der Waals surface area (Å²) in [6.45, 7) is 3.42. The van der Waals surface area contributed by atoms with Crippen molar-refractivity contribution in [3.63, 3.8) is 0 Å². The zero-order valence-electron chi connectivity index (χ0n) is 10.5. The lowest BCUT2D eigenvalue weighted by molar-refractivity contribution is -0.154. The number of hydrogen-bond acceptors (Lipinski definition) is 7. The molecule has 10 heteroatoms. The molecule has 0 atom stereocenters. The fourth-order valence-electron chi connectivity index (χ4n) is 1.27. The lowest BCUT2D eigenvalue weighted by Crippen LogP contribution is -2.26. The second-order valence-electron chi connectivity index (χ2n) is 3.46. The van der Waals surface area contributed by atoms with Gasteiger partial charge in [-0.2, -0.15) is 28.1 Å². The van der Waals surface area contributed by atoms with E-state index < -0.39 is 18.8 Å². The smallest absolute Gasteiger partial charge is 0.422 e. The highest BCUT2D eigenvalue weighted by Gasteiger charge is 2.29. The number of nitrogen functional groups attached to an aromatic ring is 1. The van der Waals surface area contributed by atoms with E-state index in [1.54, 1.807) is 4.90 Å². The molecule has 3 N–H and O–H groups in total. The Hall–Kier alpha value is -1.84. The molecular formula is C9H15F3N6O. The van der Waals surface area contributed by atoms with Gasteiger partial charge in [-0.1, -0.05) is 0 Å². The van der Waals surface area contributed by atoms with Gasteiger partial charge in [0.2, 0.25) is 11.9 Å². The first-order valence-electron chi connectivity index (χ1n) is 5.56. The molecule has 0 saturated carbocycles. The second-order valence-corrected chi connectivity index (χ2v) is 3.46. The average Bonchev–Trinajstić information content (AvgIpc) is 2.37. The molecule has 19 heavy (non-hydrogen) atoms. The summed E-state index contributed by atoms with van der Waals surface area (Å²) in [6.07, 6.45) is -4.46. The third kappa shape index (κ3) is 4.73. The molecule has 0 bridgehead atoms. The van der Waals surface area contributed by atoms with Crippen molar-refractivity contribution in [1.82, 2.24) is 15.0 Å². The number of hydrazine groups is 1. The van der Waals surface area contributed by atoms with Gasteiger partial charge in [-0.15, -0.1) is 0 Å². The number of nitrogens with one attached hydrogen (secondary N) is 1. The first-order valence-corrected chi connectivity index (χ1v) is 5.56. The van der Waals surface area contributed by atoms with E-state index in [-0.39, 0.29) is 11.9 Å². The zero-order valence-corrected chi connectivity index (χ0v) is 10.5. The predicted octanol–water partition coefficient (Wildman–Crippen LogP) is 0.944. The van der Waals surface area contributed by atoms with E-state index in [4.69, 9.17) is 5.84 Å². The SMILES string of the molecule is CCN(CC)c1nc(NN)nc(OCC(F)(F)F)n1. The van der Waals surface area contributed by atoms with E-state index >= 15 is 0 Å². The van der Waals surface area contributed by atoms with Gasteiger partial charge < -0.3 is 9.64 Å². The maximum atomic E-state index is 12.1. The Bertz CT molecular complexity index is 409. The number of hydrogen-bond donors (Lipinski definition) is 2. The van der Waals surface area contributed by atoms with E-state index in [2.05, 4.69) is 25.1 Å². The van der Waals surface area contributed by atoms with Gasteiger partial charge in [0.05, 0.1) is 0 Å². The predicted molar refractivity (Wildman–Crippen MR) is 62.7 cm³/mol. The van der Waals surface area contributed by atoms with E-state index in [9.17, 15) is 13.2 Å². The Morgan fingerprint density at radius 1 is 1.21 bits per heavy atom. The summed E-state index contributed by atoms with van der Waals surface area (Å²) in [5, 5.41) is 0. The van der Waals surface area contributed by atoms with Crippen molar-refractivity contribution in [1.29, 1.82) is 0 Å². The van der Waals surface area contributed by atoms with Gasteiger partial charge in [0.15, 0.2) is 6.61 Å². The quantitative estimate of drug-likeness (QED) is 0.592. The van der Waals surface area contributed by atoms with Crippen LogP contribution in [0, 0.1) is 0 Å². The Kier molecular flexibility index (Phi) is 5.10. The average molecular weight is 280 g/mol. The molecule has 0 aliphatic carbocycles. The van der Waals surface area contributed by atoms with Crippen LogP contribution in [0.4, 0.5) is 25.1 Å². The van der Waals surface area contributed by atoms with Crippen LogP contribution in [0.5, 0.6) is 6.01 Å². The summed E-state index contributed by atoms with van der Waals surface area (Å²) in [4.78, 5) is 13.1. The van der Waals surface area contributed by atoms with E-state index in [0.717, 1.165) is 0 Å². The van der Waals surface area contributed by atoms with Crippen LogP contribution in [0.15, 0.2) is 0 Å². The van der Waals surface area contributed by atoms with Gasteiger partial charge in [-0.25, -0.2) is 5.84 Å². The van der Waals surface area contributed by atoms with E-state index in [1.807, 2.05) is 13.8 Å². The van der Waals surface area contributed by atoms with Crippen molar-refractivity contribution < 1.29 is 17.9 Å². The number of rotatable bonds is 6. The molecule has 0 spiro atoms. The first kappa shape index (κ1) is 15.2. The lowest BCUT2D eigenvalue weighted by atomic mass is 10.5. The van der Waals surface area contributed by atoms with Gasteiger partial charge in [-0.05, 0) is 13.8 Å². The zero-order chi connectivity index (χ0) is 14.5. The van der Waals surface area contributed by atoms with Crippen molar-refractivity contribution in [3.8, 4) is 6.01 Å². The summed E-state index contributed by atoms with van der Waals surface area (Å²) in [5.74, 6) is 5.29. The molecule has 0 aromatic carbocycles. The van der Waals surface area contributed by atoms with Gasteiger partial charge in [0.1, 0.15) is 0 Å². The minimum Gasteiger partial charge on any atom is -0.454 e. The number of nitrogens with two attached hydrogens (primary N) is 1. The van der Waals surface area contributed by atoms with Crippen molar-refractivity contribution in [2.45, 2.75) is 20.0 Å². The second kappa shape index (κ2) is 6.36. The summed E-state index contributed by atoms with van der Waals surface area (Å²) in [7, 11) is 0. The first-order chi connectivity index (χ1) is 8.89. The minimum absolute atomic E-state index is 0.0610. The third-order valence-electron chi connectivity index (χ3n) is 2.14. The number of alkyl halides is 3. The van der Waals surface area contributed by atoms with Crippen LogP contribution in [-0.2, 0) is 0 Å². The fourth-order valence-corrected chi connectivity index (χ4v) is 1.27. The molecule has 1 aromatic rings. The van der Waals surface area contributed by atoms with Crippen LogP contribution in [0.1, 0.15) is 13.8 Å². The maximum Gasteiger partial charge on any atom is 0.422 e. The standard InChI is InChI=1S/C9H15F3N6O/c1-3-18(4-2)7-14-6(17-13)15-8(16-7)19-5-9(10,11)12/h3-5,13H2,1-2H3,(H,14,15,16,17). The van der Waals surface area contributed by atoms with E-state index in [1.165, 1.54) is 0 Å². The molecule has 1 heterocycles. The third-order valence-corrected chi connectivity index (χ3v) is 2.14. The van der Waals surface area contributed by atoms with Crippen molar-refractivity contribution in [2.75, 3.05) is 30.0 Å². The highest BCUT2D eigenvalue weighted by atomic mass is 19.4. The van der Waals surface area contributed by atoms with Crippen molar-refractivity contribution in [3.05, 3.63) is 0 Å². The Morgan fingerprint density at radius 2 is 1.84 bits per heavy atom. The lowest BCUT2D eigenvalue weighted by Gasteiger charge is -2.19. The Morgan fingerprint density at radius 3 is 2.32 bits per heavy atom. The summed E-state index contributed by atoms with van der Waals surface area (Å²) < 4.78 is 40.7. The highest BCUT2D eigenvalue weighted by Crippen LogP contribution is 2.18. The normalized spacial score (nSPS) is 11.3. The van der Waals surface area contributed by atoms with Crippen LogP contribution in [0.2, 0.25) is 0 Å². The largest absolute Gasteiger partial charge is 0.454 e. The molecule has 0 fully saturated rings. The van der Waals surface area contributed by atoms with Crippen LogP contribution < -0.4 is 20.9 Å². The minimum atomic E-state index is -4.46. The Balaban J connectivity index is 2.95. The number of aromatic nitrogens is 3. The molecular weight excluding hydrogens is 265 g/mol. The molecule has 0 radical (unpaired) electrons. The number of ether oxygens (including phenoxy) is 1. The summed E-state index contributed by atoms with van der Waals surface area (Å²) in [6, 6.07) is -0.429. The highest BCUT2D eigenvalue weighted by molar-refractivity contribution is 5.37. The van der Waals surface area contributed by atoms with Gasteiger partial charge in [0.25, 0.3) is 0 Å². The molecule has 0 unspecified atom stereocenters. The van der Waals surface area contributed by atoms with Crippen molar-refractivity contribution >= 4 is 11.9 Å². The molecule has 7 nitrogen and oxygen atoms in total. The van der Waals surface area contributed by atoms with E-state index in [0.29, 0.717) is 13.1 Å². The van der Waals surface area contributed by atoms with Crippen LogP contribution in [0.25, 0.3) is 0 Å². The van der Waals surface area contributed by atoms with Gasteiger partial charge >= 0.3 is 12.2 Å². The molecule has 1 rings (SSSR count). The number of nitrogens with zero attached hydrogens (tertiary/aromatic N) is 4. The van der Waals surface area contributed by atoms with Gasteiger partial charge in [0, 0.05) is 13.1 Å². The summed E-state index contributed by atoms with van der Waals surface area (Å²) in [5.41, 5.74) is 2.16. The van der Waals surface area contributed by atoms with Crippen LogP contribution in [-0.4, -0.2) is 40.8 Å². The molecule has 0 amide bonds. The van der Waals surface area contributed by atoms with Gasteiger partial charge in [-0.3, -0.25) is 5.43 Å².